The minimum atomic E-state index is -0.336. The highest BCUT2D eigenvalue weighted by Gasteiger charge is 2.05. The van der Waals surface area contributed by atoms with E-state index in [1.807, 2.05) is 36.4 Å². The van der Waals surface area contributed by atoms with Crippen molar-refractivity contribution >= 4 is 23.0 Å². The highest BCUT2D eigenvalue weighted by atomic mass is 35.5. The van der Waals surface area contributed by atoms with Gasteiger partial charge in [0.1, 0.15) is 12.0 Å². The molecule has 0 atom stereocenters. The van der Waals surface area contributed by atoms with Gasteiger partial charge in [-0.15, -0.1) is 0 Å². The number of hydrogen-bond donors (Lipinski definition) is 2. The van der Waals surface area contributed by atoms with Crippen LogP contribution in [0.3, 0.4) is 0 Å². The molecule has 0 radical (unpaired) electrons. The monoisotopic (exact) mass is 345 g/mol. The molecule has 0 saturated carbocycles. The highest BCUT2D eigenvalue weighted by Crippen LogP contribution is 2.09. The molecular weight excluding hydrogens is 330 g/mol. The van der Waals surface area contributed by atoms with Crippen LogP contribution in [0.25, 0.3) is 10.9 Å². The number of phenolic OH excluding ortho intramolecular Hbond substituents is 1. The number of aromatic hydroxyl groups is 1. The van der Waals surface area contributed by atoms with Gasteiger partial charge in [-0.05, 0) is 36.4 Å². The summed E-state index contributed by atoms with van der Waals surface area (Å²) in [7, 11) is 0. The van der Waals surface area contributed by atoms with Gasteiger partial charge >= 0.3 is 0 Å². The maximum absolute atomic E-state index is 11.8. The Morgan fingerprint density at radius 1 is 1.04 bits per heavy atom. The van der Waals surface area contributed by atoms with Crippen molar-refractivity contribution in [3.05, 3.63) is 71.9 Å². The first-order valence-electron chi connectivity index (χ1n) is 6.76. The molecule has 2 aromatic carbocycles. The van der Waals surface area contributed by atoms with Crippen molar-refractivity contribution in [1.82, 2.24) is 5.43 Å². The SMILES string of the molecule is O.O=C(N/N=C/c1ccc2ccccc2[nH+]1)c1ccc(O)cc1.[Cl-]. The Bertz CT molecular complexity index is 851. The normalized spacial score (nSPS) is 10.0. The fourth-order valence-electron chi connectivity index (χ4n) is 2.05. The number of carbonyl (C=O) groups excluding carboxylic acids is 1. The number of halogens is 1. The molecule has 1 aromatic heterocycles. The molecule has 0 aliphatic rings. The molecule has 0 spiro atoms. The zero-order valence-corrected chi connectivity index (χ0v) is 13.3. The molecule has 3 rings (SSSR count). The lowest BCUT2D eigenvalue weighted by Gasteiger charge is -1.99. The number of hydrogen-bond acceptors (Lipinski definition) is 3. The number of hydrazone groups is 1. The summed E-state index contributed by atoms with van der Waals surface area (Å²) in [6, 6.07) is 17.7. The van der Waals surface area contributed by atoms with Crippen molar-refractivity contribution in [2.24, 2.45) is 5.10 Å². The van der Waals surface area contributed by atoms with Crippen molar-refractivity contribution in [2.45, 2.75) is 0 Å². The second kappa shape index (κ2) is 8.61. The van der Waals surface area contributed by atoms with E-state index >= 15 is 0 Å². The van der Waals surface area contributed by atoms with Gasteiger partial charge in [0.05, 0.1) is 0 Å². The van der Waals surface area contributed by atoms with Gasteiger partial charge in [0.15, 0.2) is 0 Å². The van der Waals surface area contributed by atoms with Gasteiger partial charge in [0.25, 0.3) is 5.91 Å². The number of H-pyrrole nitrogens is 1. The average molecular weight is 346 g/mol. The molecule has 3 aromatic rings. The van der Waals surface area contributed by atoms with Crippen LogP contribution in [0.1, 0.15) is 16.1 Å². The van der Waals surface area contributed by atoms with Crippen LogP contribution in [0.2, 0.25) is 0 Å². The second-order valence-corrected chi connectivity index (χ2v) is 4.75. The van der Waals surface area contributed by atoms with Crippen LogP contribution < -0.4 is 22.8 Å². The highest BCUT2D eigenvalue weighted by molar-refractivity contribution is 5.94. The van der Waals surface area contributed by atoms with Gasteiger partial charge in [0.2, 0.25) is 11.2 Å². The number of phenols is 1. The standard InChI is InChI=1S/C17H13N3O2.ClH.H2O/c21-15-9-6-13(7-10-15)17(22)20-18-11-14-8-5-12-3-1-2-4-16(12)19-14;;/h1-11,21H,(H,20,22);1H;1H2/b18-11+;;. The number of para-hydroxylation sites is 1. The summed E-state index contributed by atoms with van der Waals surface area (Å²) < 4.78 is 0. The Hall–Kier alpha value is -2.96. The van der Waals surface area contributed by atoms with Crippen LogP contribution >= 0.6 is 0 Å². The summed E-state index contributed by atoms with van der Waals surface area (Å²) in [4.78, 5) is 15.1. The zero-order valence-electron chi connectivity index (χ0n) is 12.5. The van der Waals surface area contributed by atoms with Crippen LogP contribution in [0, 0.1) is 0 Å². The van der Waals surface area contributed by atoms with Gasteiger partial charge in [-0.2, -0.15) is 5.10 Å². The summed E-state index contributed by atoms with van der Waals surface area (Å²) in [5, 5.41) is 14.2. The van der Waals surface area contributed by atoms with Gasteiger partial charge in [-0.25, -0.2) is 10.4 Å². The number of amides is 1. The van der Waals surface area contributed by atoms with Gasteiger partial charge < -0.3 is 23.0 Å². The predicted octanol–water partition coefficient (Wildman–Crippen LogP) is -1.70. The molecule has 1 amide bonds. The summed E-state index contributed by atoms with van der Waals surface area (Å²) in [6.45, 7) is 0. The lowest BCUT2D eigenvalue weighted by Crippen LogP contribution is -3.00. The minimum absolute atomic E-state index is 0. The van der Waals surface area contributed by atoms with E-state index in [0.29, 0.717) is 5.56 Å². The number of benzene rings is 2. The van der Waals surface area contributed by atoms with Crippen LogP contribution in [-0.2, 0) is 0 Å². The minimum Gasteiger partial charge on any atom is -1.00 e. The van der Waals surface area contributed by atoms with Crippen LogP contribution in [0.15, 0.2) is 65.8 Å². The third-order valence-electron chi connectivity index (χ3n) is 3.18. The summed E-state index contributed by atoms with van der Waals surface area (Å²) in [6.07, 6.45) is 1.55. The first kappa shape index (κ1) is 19.1. The molecule has 0 aliphatic carbocycles. The zero-order chi connectivity index (χ0) is 15.4. The molecule has 0 unspecified atom stereocenters. The van der Waals surface area contributed by atoms with Crippen LogP contribution in [0.4, 0.5) is 0 Å². The molecule has 124 valence electrons. The van der Waals surface area contributed by atoms with E-state index in [9.17, 15) is 9.90 Å². The summed E-state index contributed by atoms with van der Waals surface area (Å²) in [5.74, 6) is -0.220. The Labute approximate surface area is 144 Å². The van der Waals surface area contributed by atoms with Crippen LogP contribution in [0.5, 0.6) is 5.75 Å². The topological polar surface area (TPSA) is 107 Å². The fourth-order valence-corrected chi connectivity index (χ4v) is 2.05. The van der Waals surface area contributed by atoms with Crippen molar-refractivity contribution in [3.8, 4) is 5.75 Å². The third-order valence-corrected chi connectivity index (χ3v) is 3.18. The Balaban J connectivity index is 0.00000144. The average Bonchev–Trinajstić information content (AvgIpc) is 2.55. The summed E-state index contributed by atoms with van der Waals surface area (Å²) in [5.41, 5.74) is 4.65. The predicted molar refractivity (Wildman–Crippen MR) is 87.3 cm³/mol. The molecule has 0 fully saturated rings. The smallest absolute Gasteiger partial charge is 0.271 e. The third kappa shape index (κ3) is 4.52. The number of nitrogens with one attached hydrogen (secondary N) is 2. The molecule has 0 aliphatic heterocycles. The molecule has 24 heavy (non-hydrogen) atoms. The lowest BCUT2D eigenvalue weighted by molar-refractivity contribution is -0.346. The molecule has 6 nitrogen and oxygen atoms in total. The van der Waals surface area contributed by atoms with E-state index < -0.39 is 0 Å². The van der Waals surface area contributed by atoms with Crippen molar-refractivity contribution in [3.63, 3.8) is 0 Å². The molecule has 7 heteroatoms. The number of fused-ring (bicyclic) bond motifs is 1. The fraction of sp³-hybridized carbons (Fsp3) is 0. The number of aromatic amines is 1. The number of aromatic nitrogens is 1. The van der Waals surface area contributed by atoms with E-state index in [4.69, 9.17) is 0 Å². The number of rotatable bonds is 3. The van der Waals surface area contributed by atoms with Gasteiger partial charge in [-0.1, -0.05) is 12.1 Å². The second-order valence-electron chi connectivity index (χ2n) is 4.75. The maximum Gasteiger partial charge on any atom is 0.271 e. The molecule has 0 bridgehead atoms. The van der Waals surface area contributed by atoms with E-state index in [2.05, 4.69) is 15.5 Å². The Kier molecular flexibility index (Phi) is 6.85. The van der Waals surface area contributed by atoms with Crippen molar-refractivity contribution in [1.29, 1.82) is 0 Å². The maximum atomic E-state index is 11.8. The van der Waals surface area contributed by atoms with Gasteiger partial charge in [0, 0.05) is 23.1 Å². The molecule has 0 saturated heterocycles. The van der Waals surface area contributed by atoms with Gasteiger partial charge in [-0.3, -0.25) is 4.79 Å². The first-order chi connectivity index (χ1) is 10.7. The van der Waals surface area contributed by atoms with E-state index in [-0.39, 0.29) is 29.5 Å². The van der Waals surface area contributed by atoms with E-state index in [0.717, 1.165) is 16.6 Å². The Morgan fingerprint density at radius 3 is 2.50 bits per heavy atom. The number of nitrogens with zero attached hydrogens (tertiary/aromatic N) is 1. The lowest BCUT2D eigenvalue weighted by atomic mass is 10.2. The van der Waals surface area contributed by atoms with E-state index in [1.54, 1.807) is 6.21 Å². The molecule has 1 heterocycles. The number of carbonyl (C=O) groups is 1. The van der Waals surface area contributed by atoms with Crippen molar-refractivity contribution < 1.29 is 32.8 Å². The largest absolute Gasteiger partial charge is 1.00 e. The van der Waals surface area contributed by atoms with Crippen LogP contribution in [-0.4, -0.2) is 22.7 Å². The summed E-state index contributed by atoms with van der Waals surface area (Å²) >= 11 is 0. The first-order valence-corrected chi connectivity index (χ1v) is 6.76. The number of pyridine rings is 1. The molecular formula is C17H16ClN3O3. The van der Waals surface area contributed by atoms with E-state index in [1.165, 1.54) is 24.3 Å². The van der Waals surface area contributed by atoms with Crippen molar-refractivity contribution in [2.75, 3.05) is 0 Å². The Morgan fingerprint density at radius 2 is 1.75 bits per heavy atom. The molecule has 5 N–H and O–H groups in total. The quantitative estimate of drug-likeness (QED) is 0.436.